The topological polar surface area (TPSA) is 12.5 Å². The number of halogens is 1. The van der Waals surface area contributed by atoms with Crippen LogP contribution in [0.3, 0.4) is 0 Å². The summed E-state index contributed by atoms with van der Waals surface area (Å²) < 4.78 is 19.2. The average Bonchev–Trinajstić information content (AvgIpc) is 2.25. The van der Waals surface area contributed by atoms with Crippen LogP contribution in [0.2, 0.25) is 0 Å². The molecule has 82 valence electrons. The number of rotatable bonds is 3. The Labute approximate surface area is 85.4 Å². The van der Waals surface area contributed by atoms with Crippen molar-refractivity contribution in [3.05, 3.63) is 0 Å². The van der Waals surface area contributed by atoms with Crippen LogP contribution in [-0.2, 0) is 4.74 Å². The third-order valence-corrected chi connectivity index (χ3v) is 3.90. The van der Waals surface area contributed by atoms with Gasteiger partial charge in [0, 0.05) is 19.0 Å². The molecule has 0 aromatic rings. The Hall–Kier alpha value is -0.150. The van der Waals surface area contributed by atoms with Gasteiger partial charge in [-0.05, 0) is 20.3 Å². The SMILES string of the molecule is CC(C)OC[C@]12CCN1C[C@H](F)[C@@H]2C. The Balaban J connectivity index is 2.00. The van der Waals surface area contributed by atoms with E-state index in [1.165, 1.54) is 0 Å². The highest BCUT2D eigenvalue weighted by Gasteiger charge is 2.57. The summed E-state index contributed by atoms with van der Waals surface area (Å²) in [5, 5.41) is 0. The van der Waals surface area contributed by atoms with E-state index in [-0.39, 0.29) is 17.6 Å². The van der Waals surface area contributed by atoms with Gasteiger partial charge in [-0.1, -0.05) is 6.92 Å². The fourth-order valence-electron chi connectivity index (χ4n) is 2.66. The van der Waals surface area contributed by atoms with E-state index >= 15 is 0 Å². The highest BCUT2D eigenvalue weighted by atomic mass is 19.1. The van der Waals surface area contributed by atoms with Crippen molar-refractivity contribution in [3.8, 4) is 0 Å². The first-order valence-electron chi connectivity index (χ1n) is 5.57. The summed E-state index contributed by atoms with van der Waals surface area (Å²) in [6.07, 6.45) is 0.687. The number of hydrogen-bond acceptors (Lipinski definition) is 2. The summed E-state index contributed by atoms with van der Waals surface area (Å²) in [4.78, 5) is 2.25. The van der Waals surface area contributed by atoms with Gasteiger partial charge in [-0.25, -0.2) is 4.39 Å². The Morgan fingerprint density at radius 3 is 2.71 bits per heavy atom. The number of hydrogen-bond donors (Lipinski definition) is 0. The van der Waals surface area contributed by atoms with Crippen LogP contribution in [0.15, 0.2) is 0 Å². The number of nitrogens with zero attached hydrogens (tertiary/aromatic N) is 1. The van der Waals surface area contributed by atoms with E-state index in [4.69, 9.17) is 4.74 Å². The zero-order chi connectivity index (χ0) is 10.3. The molecule has 0 N–H and O–H groups in total. The zero-order valence-corrected chi connectivity index (χ0v) is 9.29. The van der Waals surface area contributed by atoms with Crippen LogP contribution >= 0.6 is 0 Å². The first-order valence-corrected chi connectivity index (χ1v) is 5.57. The van der Waals surface area contributed by atoms with Crippen LogP contribution in [-0.4, -0.2) is 42.4 Å². The molecule has 3 atom stereocenters. The van der Waals surface area contributed by atoms with Gasteiger partial charge < -0.3 is 4.74 Å². The molecule has 3 heteroatoms. The van der Waals surface area contributed by atoms with Crippen LogP contribution in [0.1, 0.15) is 27.2 Å². The molecule has 0 bridgehead atoms. The molecule has 0 radical (unpaired) electrons. The monoisotopic (exact) mass is 201 g/mol. The first kappa shape index (κ1) is 10.4. The predicted octanol–water partition coefficient (Wildman–Crippen LogP) is 1.84. The summed E-state index contributed by atoms with van der Waals surface area (Å²) in [6, 6.07) is 0. The lowest BCUT2D eigenvalue weighted by Crippen LogP contribution is -2.61. The molecule has 2 saturated heterocycles. The van der Waals surface area contributed by atoms with Crippen LogP contribution in [0, 0.1) is 5.92 Å². The molecule has 0 aromatic carbocycles. The van der Waals surface area contributed by atoms with Crippen molar-refractivity contribution < 1.29 is 9.13 Å². The van der Waals surface area contributed by atoms with E-state index in [1.54, 1.807) is 0 Å². The second-order valence-electron chi connectivity index (χ2n) is 4.96. The van der Waals surface area contributed by atoms with E-state index in [2.05, 4.69) is 4.90 Å². The third-order valence-electron chi connectivity index (χ3n) is 3.90. The Morgan fingerprint density at radius 2 is 2.29 bits per heavy atom. The summed E-state index contributed by atoms with van der Waals surface area (Å²) in [6.45, 7) is 8.45. The second kappa shape index (κ2) is 3.46. The zero-order valence-electron chi connectivity index (χ0n) is 9.29. The van der Waals surface area contributed by atoms with E-state index in [0.29, 0.717) is 13.2 Å². The first-order chi connectivity index (χ1) is 6.56. The highest BCUT2D eigenvalue weighted by molar-refractivity contribution is 5.11. The Morgan fingerprint density at radius 1 is 1.57 bits per heavy atom. The Bertz CT molecular complexity index is 221. The van der Waals surface area contributed by atoms with Gasteiger partial charge >= 0.3 is 0 Å². The number of alkyl halides is 1. The quantitative estimate of drug-likeness (QED) is 0.691. The predicted molar refractivity (Wildman–Crippen MR) is 54.1 cm³/mol. The summed E-state index contributed by atoms with van der Waals surface area (Å²) in [5.41, 5.74) is 0.0314. The molecule has 14 heavy (non-hydrogen) atoms. The maximum atomic E-state index is 13.5. The molecule has 2 aliphatic heterocycles. The van der Waals surface area contributed by atoms with Crippen molar-refractivity contribution in [3.63, 3.8) is 0 Å². The molecular formula is C11H20FNO. The second-order valence-corrected chi connectivity index (χ2v) is 4.96. The lowest BCUT2D eigenvalue weighted by Gasteiger charge is -2.50. The molecule has 2 nitrogen and oxygen atoms in total. The van der Waals surface area contributed by atoms with Gasteiger partial charge in [-0.3, -0.25) is 4.90 Å². The lowest BCUT2D eigenvalue weighted by atomic mass is 9.78. The summed E-state index contributed by atoms with van der Waals surface area (Å²) >= 11 is 0. The molecule has 2 heterocycles. The smallest absolute Gasteiger partial charge is 0.117 e. The molecule has 0 aromatic heterocycles. The van der Waals surface area contributed by atoms with Gasteiger partial charge in [0.15, 0.2) is 0 Å². The number of ether oxygens (including phenoxy) is 1. The van der Waals surface area contributed by atoms with Gasteiger partial charge in [0.2, 0.25) is 0 Å². The molecule has 2 fully saturated rings. The number of fused-ring (bicyclic) bond motifs is 1. The highest BCUT2D eigenvalue weighted by Crippen LogP contribution is 2.46. The van der Waals surface area contributed by atoms with Crippen molar-refractivity contribution in [1.82, 2.24) is 4.90 Å². The van der Waals surface area contributed by atoms with Gasteiger partial charge in [0.25, 0.3) is 0 Å². The summed E-state index contributed by atoms with van der Waals surface area (Å²) in [7, 11) is 0. The van der Waals surface area contributed by atoms with Crippen LogP contribution in [0.4, 0.5) is 4.39 Å². The van der Waals surface area contributed by atoms with Crippen LogP contribution in [0.5, 0.6) is 0 Å². The van der Waals surface area contributed by atoms with Crippen molar-refractivity contribution in [2.75, 3.05) is 19.7 Å². The normalized spacial score (nSPS) is 42.6. The maximum absolute atomic E-state index is 13.5. The molecule has 0 spiro atoms. The van der Waals surface area contributed by atoms with Gasteiger partial charge in [0.1, 0.15) is 6.17 Å². The van der Waals surface area contributed by atoms with E-state index in [0.717, 1.165) is 13.0 Å². The molecule has 0 amide bonds. The largest absolute Gasteiger partial charge is 0.377 e. The fraction of sp³-hybridized carbons (Fsp3) is 1.00. The van der Waals surface area contributed by atoms with Crippen molar-refractivity contribution in [2.45, 2.75) is 45.0 Å². The molecule has 2 rings (SSSR count). The van der Waals surface area contributed by atoms with Crippen molar-refractivity contribution >= 4 is 0 Å². The van der Waals surface area contributed by atoms with Crippen LogP contribution < -0.4 is 0 Å². The minimum absolute atomic E-state index is 0.0314. The average molecular weight is 201 g/mol. The van der Waals surface area contributed by atoms with Crippen molar-refractivity contribution in [1.29, 1.82) is 0 Å². The molecular weight excluding hydrogens is 181 g/mol. The standard InChI is InChI=1S/C11H20FNO/c1-8(2)14-7-11-4-5-13(11)6-10(12)9(11)3/h8-10H,4-7H2,1-3H3/t9-,10-,11-/m0/s1. The molecule has 0 saturated carbocycles. The van der Waals surface area contributed by atoms with Crippen molar-refractivity contribution in [2.24, 2.45) is 5.92 Å². The minimum atomic E-state index is -0.659. The van der Waals surface area contributed by atoms with E-state index in [1.807, 2.05) is 20.8 Å². The van der Waals surface area contributed by atoms with Gasteiger partial charge in [-0.2, -0.15) is 0 Å². The molecule has 0 aliphatic carbocycles. The summed E-state index contributed by atoms with van der Waals surface area (Å²) in [5.74, 6) is 0.134. The Kier molecular flexibility index (Phi) is 2.56. The lowest BCUT2D eigenvalue weighted by molar-refractivity contribution is -0.0830. The fourth-order valence-corrected chi connectivity index (χ4v) is 2.66. The minimum Gasteiger partial charge on any atom is -0.377 e. The molecule has 0 unspecified atom stereocenters. The van der Waals surface area contributed by atoms with E-state index < -0.39 is 6.17 Å². The molecule has 2 aliphatic rings. The maximum Gasteiger partial charge on any atom is 0.117 e. The van der Waals surface area contributed by atoms with Crippen LogP contribution in [0.25, 0.3) is 0 Å². The van der Waals surface area contributed by atoms with Gasteiger partial charge in [-0.15, -0.1) is 0 Å². The van der Waals surface area contributed by atoms with Gasteiger partial charge in [0.05, 0.1) is 18.2 Å². The van der Waals surface area contributed by atoms with E-state index in [9.17, 15) is 4.39 Å². The third kappa shape index (κ3) is 1.38.